The molecule has 2 aliphatic carbocycles. The van der Waals surface area contributed by atoms with E-state index in [0.717, 1.165) is 17.9 Å². The van der Waals surface area contributed by atoms with Crippen LogP contribution >= 0.6 is 0 Å². The first-order valence-electron chi connectivity index (χ1n) is 13.5. The first-order chi connectivity index (χ1) is 19.0. The number of hydrogen-bond donors (Lipinski definition) is 2. The van der Waals surface area contributed by atoms with Crippen molar-refractivity contribution in [3.63, 3.8) is 0 Å². The van der Waals surface area contributed by atoms with Gasteiger partial charge in [-0.3, -0.25) is 0 Å². The molecule has 4 heterocycles. The first kappa shape index (κ1) is 29.6. The SMILES string of the molecule is C=C1CCCCN1.C=Cc1nonc1C1CC1(F)F.CNC(c1cn2nc(C)cnc2n1)C1CCC(F)(F)CC1. The number of halogens is 4. The molecule has 1 aliphatic heterocycles. The summed E-state index contributed by atoms with van der Waals surface area (Å²) in [5, 5.41) is 17.6. The van der Waals surface area contributed by atoms with Gasteiger partial charge in [0.25, 0.3) is 11.7 Å². The van der Waals surface area contributed by atoms with E-state index in [4.69, 9.17) is 0 Å². The number of rotatable bonds is 5. The van der Waals surface area contributed by atoms with Crippen LogP contribution < -0.4 is 10.6 Å². The summed E-state index contributed by atoms with van der Waals surface area (Å²) in [4.78, 5) is 8.70. The lowest BCUT2D eigenvalue weighted by Gasteiger charge is -2.32. The van der Waals surface area contributed by atoms with Gasteiger partial charge in [0.15, 0.2) is 0 Å². The van der Waals surface area contributed by atoms with Crippen molar-refractivity contribution in [2.75, 3.05) is 13.6 Å². The molecule has 9 nitrogen and oxygen atoms in total. The van der Waals surface area contributed by atoms with Crippen molar-refractivity contribution in [1.29, 1.82) is 0 Å². The van der Waals surface area contributed by atoms with Gasteiger partial charge >= 0.3 is 0 Å². The van der Waals surface area contributed by atoms with Crippen LogP contribution in [-0.2, 0) is 0 Å². The minimum Gasteiger partial charge on any atom is -0.389 e. The van der Waals surface area contributed by atoms with Crippen LogP contribution in [0.3, 0.4) is 0 Å². The van der Waals surface area contributed by atoms with Gasteiger partial charge in [-0.1, -0.05) is 23.5 Å². The Morgan fingerprint density at radius 2 is 1.93 bits per heavy atom. The third kappa shape index (κ3) is 7.43. The van der Waals surface area contributed by atoms with Gasteiger partial charge in [0.05, 0.1) is 35.7 Å². The molecule has 2 saturated carbocycles. The maximum absolute atomic E-state index is 13.3. The first-order valence-corrected chi connectivity index (χ1v) is 13.5. The van der Waals surface area contributed by atoms with Crippen molar-refractivity contribution in [3.05, 3.63) is 54.0 Å². The van der Waals surface area contributed by atoms with Gasteiger partial charge in [-0.2, -0.15) is 5.10 Å². The molecule has 40 heavy (non-hydrogen) atoms. The highest BCUT2D eigenvalue weighted by molar-refractivity contribution is 5.46. The third-order valence-electron chi connectivity index (χ3n) is 7.35. The topological polar surface area (TPSA) is 106 Å². The van der Waals surface area contributed by atoms with Crippen LogP contribution in [0.4, 0.5) is 17.6 Å². The summed E-state index contributed by atoms with van der Waals surface area (Å²) in [5.74, 6) is -5.25. The number of imidazole rings is 1. The van der Waals surface area contributed by atoms with Crippen LogP contribution in [0.15, 0.2) is 35.9 Å². The zero-order valence-electron chi connectivity index (χ0n) is 22.8. The second-order valence-electron chi connectivity index (χ2n) is 10.5. The molecule has 1 saturated heterocycles. The van der Waals surface area contributed by atoms with E-state index in [1.165, 1.54) is 31.0 Å². The van der Waals surface area contributed by atoms with E-state index in [1.54, 1.807) is 10.7 Å². The quantitative estimate of drug-likeness (QED) is 0.385. The molecule has 3 fully saturated rings. The molecule has 6 rings (SSSR count). The summed E-state index contributed by atoms with van der Waals surface area (Å²) in [6.07, 6.45) is 9.45. The fourth-order valence-corrected chi connectivity index (χ4v) is 4.97. The molecular formula is C27H36F4N8O. The Balaban J connectivity index is 0.000000162. The van der Waals surface area contributed by atoms with Gasteiger partial charge in [-0.05, 0) is 58.1 Å². The maximum Gasteiger partial charge on any atom is 0.257 e. The van der Waals surface area contributed by atoms with Gasteiger partial charge in [-0.15, -0.1) is 0 Å². The minimum absolute atomic E-state index is 0.0371. The number of aryl methyl sites for hydroxylation is 1. The lowest BCUT2D eigenvalue weighted by atomic mass is 9.81. The van der Waals surface area contributed by atoms with Crippen molar-refractivity contribution in [2.24, 2.45) is 5.92 Å². The van der Waals surface area contributed by atoms with E-state index in [-0.39, 0.29) is 36.9 Å². The number of aromatic nitrogens is 6. The van der Waals surface area contributed by atoms with Crippen LogP contribution in [-0.4, -0.2) is 55.3 Å². The van der Waals surface area contributed by atoms with Crippen molar-refractivity contribution in [1.82, 2.24) is 40.5 Å². The Kier molecular flexibility index (Phi) is 9.22. The molecule has 0 aromatic carbocycles. The van der Waals surface area contributed by atoms with Gasteiger partial charge in [0, 0.05) is 31.5 Å². The van der Waals surface area contributed by atoms with Crippen LogP contribution in [0, 0.1) is 12.8 Å². The highest BCUT2D eigenvalue weighted by Gasteiger charge is 2.60. The molecule has 2 unspecified atom stereocenters. The van der Waals surface area contributed by atoms with Gasteiger partial charge in [-0.25, -0.2) is 36.7 Å². The lowest BCUT2D eigenvalue weighted by Crippen LogP contribution is -2.32. The largest absolute Gasteiger partial charge is 0.389 e. The molecule has 0 amide bonds. The Morgan fingerprint density at radius 3 is 2.48 bits per heavy atom. The Hall–Kier alpha value is -3.35. The second-order valence-corrected chi connectivity index (χ2v) is 10.5. The Morgan fingerprint density at radius 1 is 1.20 bits per heavy atom. The summed E-state index contributed by atoms with van der Waals surface area (Å²) in [6.45, 7) is 10.2. The fourth-order valence-electron chi connectivity index (χ4n) is 4.97. The molecule has 0 radical (unpaired) electrons. The summed E-state index contributed by atoms with van der Waals surface area (Å²) < 4.78 is 57.6. The maximum atomic E-state index is 13.3. The number of allylic oxidation sites excluding steroid dienone is 1. The van der Waals surface area contributed by atoms with Crippen LogP contribution in [0.2, 0.25) is 0 Å². The van der Waals surface area contributed by atoms with Gasteiger partial charge in [0.2, 0.25) is 5.92 Å². The minimum atomic E-state index is -2.63. The molecular weight excluding hydrogens is 528 g/mol. The van der Waals surface area contributed by atoms with E-state index in [9.17, 15) is 17.6 Å². The number of nitrogens with zero attached hydrogens (tertiary/aromatic N) is 6. The van der Waals surface area contributed by atoms with E-state index < -0.39 is 17.8 Å². The zero-order valence-corrected chi connectivity index (χ0v) is 22.8. The number of piperidine rings is 1. The number of nitrogens with one attached hydrogen (secondary N) is 2. The van der Waals surface area contributed by atoms with Gasteiger partial charge < -0.3 is 10.6 Å². The summed E-state index contributed by atoms with van der Waals surface area (Å²) in [6, 6.07) is -0.0371. The van der Waals surface area contributed by atoms with Crippen LogP contribution in [0.1, 0.15) is 86.1 Å². The second kappa shape index (κ2) is 12.4. The zero-order chi connectivity index (χ0) is 28.9. The Labute approximate surface area is 230 Å². The molecule has 3 aromatic rings. The van der Waals surface area contributed by atoms with Crippen molar-refractivity contribution in [3.8, 4) is 0 Å². The van der Waals surface area contributed by atoms with Crippen LogP contribution in [0.5, 0.6) is 0 Å². The molecule has 13 heteroatoms. The molecule has 0 bridgehead atoms. The molecule has 3 aromatic heterocycles. The fraction of sp³-hybridized carbons (Fsp3) is 0.593. The highest BCUT2D eigenvalue weighted by Crippen LogP contribution is 2.55. The van der Waals surface area contributed by atoms with E-state index in [1.807, 2.05) is 20.2 Å². The average Bonchev–Trinajstić information content (AvgIpc) is 3.26. The van der Waals surface area contributed by atoms with E-state index in [2.05, 4.69) is 53.8 Å². The van der Waals surface area contributed by atoms with Crippen molar-refractivity contribution >= 4 is 11.9 Å². The normalized spacial score (nSPS) is 22.2. The Bertz CT molecular complexity index is 1290. The van der Waals surface area contributed by atoms with Crippen molar-refractivity contribution in [2.45, 2.75) is 82.1 Å². The summed E-state index contributed by atoms with van der Waals surface area (Å²) in [7, 11) is 1.84. The van der Waals surface area contributed by atoms with Gasteiger partial charge in [0.1, 0.15) is 11.4 Å². The molecule has 0 spiro atoms. The smallest absolute Gasteiger partial charge is 0.257 e. The lowest BCUT2D eigenvalue weighted by molar-refractivity contribution is -0.0496. The third-order valence-corrected chi connectivity index (χ3v) is 7.35. The number of alkyl halides is 4. The highest BCUT2D eigenvalue weighted by atomic mass is 19.3. The molecule has 2 atom stereocenters. The molecule has 2 N–H and O–H groups in total. The number of hydrogen-bond acceptors (Lipinski definition) is 8. The van der Waals surface area contributed by atoms with Crippen molar-refractivity contribution < 1.29 is 22.2 Å². The van der Waals surface area contributed by atoms with Crippen LogP contribution in [0.25, 0.3) is 11.9 Å². The average molecular weight is 565 g/mol. The number of fused-ring (bicyclic) bond motifs is 1. The monoisotopic (exact) mass is 564 g/mol. The summed E-state index contributed by atoms with van der Waals surface area (Å²) in [5.41, 5.74) is 3.38. The summed E-state index contributed by atoms with van der Waals surface area (Å²) >= 11 is 0. The predicted octanol–water partition coefficient (Wildman–Crippen LogP) is 5.63. The van der Waals surface area contributed by atoms with E-state index in [0.29, 0.717) is 24.3 Å². The molecule has 3 aliphatic rings. The van der Waals surface area contributed by atoms with E-state index >= 15 is 0 Å². The predicted molar refractivity (Wildman–Crippen MR) is 142 cm³/mol. The standard InChI is InChI=1S/C14H19F2N5.C7H6F2N2O.C6H11N/c1-9-7-18-13-19-11(8-21(13)20-9)12(17-2)10-3-5-14(15,16)6-4-10;1-2-5-6(11-12-10-5)4-3-7(4,8)9;1-6-4-2-3-5-7-6/h7-8,10,12,17H,3-6H2,1-2H3;2,4H,1,3H2;7H,1-5H2. The molecule has 218 valence electrons.